The number of guanidine groups is 1. The molecule has 128 valence electrons. The molecule has 0 bridgehead atoms. The van der Waals surface area contributed by atoms with Gasteiger partial charge in [0.15, 0.2) is 5.96 Å². The first kappa shape index (κ1) is 17.7. The summed E-state index contributed by atoms with van der Waals surface area (Å²) in [5, 5.41) is 6.97. The highest BCUT2D eigenvalue weighted by Crippen LogP contribution is 2.18. The molecule has 2 atom stereocenters. The van der Waals surface area contributed by atoms with Crippen LogP contribution in [0, 0.1) is 12.8 Å². The summed E-state index contributed by atoms with van der Waals surface area (Å²) in [6.45, 7) is 14.7. The molecule has 2 heterocycles. The molecule has 0 aromatic carbocycles. The Balaban J connectivity index is 1.97. The number of hydrogen-bond donors (Lipinski definition) is 2. The summed E-state index contributed by atoms with van der Waals surface area (Å²) in [5.41, 5.74) is 2.17. The summed E-state index contributed by atoms with van der Waals surface area (Å²) in [6, 6.07) is 5.17. The molecular formula is C18H31N5. The van der Waals surface area contributed by atoms with E-state index < -0.39 is 0 Å². The van der Waals surface area contributed by atoms with Crippen molar-refractivity contribution in [2.45, 2.75) is 53.2 Å². The highest BCUT2D eigenvalue weighted by Gasteiger charge is 2.31. The van der Waals surface area contributed by atoms with Crippen LogP contribution in [0.3, 0.4) is 0 Å². The van der Waals surface area contributed by atoms with E-state index in [1.54, 1.807) is 0 Å². The monoisotopic (exact) mass is 317 g/mol. The van der Waals surface area contributed by atoms with Crippen LogP contribution < -0.4 is 10.6 Å². The van der Waals surface area contributed by atoms with Crippen LogP contribution in [0.5, 0.6) is 0 Å². The van der Waals surface area contributed by atoms with Gasteiger partial charge in [-0.1, -0.05) is 13.0 Å². The van der Waals surface area contributed by atoms with Crippen LogP contribution in [0.4, 0.5) is 0 Å². The lowest BCUT2D eigenvalue weighted by molar-refractivity contribution is 0.265. The van der Waals surface area contributed by atoms with E-state index in [1.165, 1.54) is 0 Å². The number of nitrogens with one attached hydrogen (secondary N) is 2. The maximum absolute atomic E-state index is 4.72. The van der Waals surface area contributed by atoms with E-state index in [0.29, 0.717) is 24.5 Å². The summed E-state index contributed by atoms with van der Waals surface area (Å²) in [7, 11) is 0. The fourth-order valence-electron chi connectivity index (χ4n) is 2.87. The normalized spacial score (nSPS) is 22.6. The quantitative estimate of drug-likeness (QED) is 0.645. The Morgan fingerprint density at radius 3 is 2.74 bits per heavy atom. The minimum absolute atomic E-state index is 0.450. The van der Waals surface area contributed by atoms with Crippen LogP contribution in [-0.2, 0) is 6.54 Å². The van der Waals surface area contributed by atoms with Gasteiger partial charge in [-0.15, -0.1) is 0 Å². The van der Waals surface area contributed by atoms with Gasteiger partial charge in [0.2, 0.25) is 0 Å². The largest absolute Gasteiger partial charge is 0.357 e. The minimum Gasteiger partial charge on any atom is -0.357 e. The van der Waals surface area contributed by atoms with Crippen molar-refractivity contribution in [1.29, 1.82) is 0 Å². The maximum Gasteiger partial charge on any atom is 0.191 e. The molecule has 0 aliphatic carbocycles. The van der Waals surface area contributed by atoms with E-state index in [9.17, 15) is 0 Å². The van der Waals surface area contributed by atoms with E-state index in [-0.39, 0.29) is 0 Å². The number of hydrogen-bond acceptors (Lipinski definition) is 3. The smallest absolute Gasteiger partial charge is 0.191 e. The summed E-state index contributed by atoms with van der Waals surface area (Å²) < 4.78 is 0. The second-order valence-corrected chi connectivity index (χ2v) is 6.78. The van der Waals surface area contributed by atoms with Crippen LogP contribution in [0.2, 0.25) is 0 Å². The Morgan fingerprint density at radius 2 is 2.17 bits per heavy atom. The molecule has 2 rings (SSSR count). The summed E-state index contributed by atoms with van der Waals surface area (Å²) in [6.07, 6.45) is 1.90. The third-order valence-electron chi connectivity index (χ3n) is 4.43. The zero-order valence-corrected chi connectivity index (χ0v) is 15.1. The van der Waals surface area contributed by atoms with Gasteiger partial charge in [0, 0.05) is 43.6 Å². The molecule has 0 saturated carbocycles. The van der Waals surface area contributed by atoms with Gasteiger partial charge in [0.1, 0.15) is 0 Å². The first-order valence-corrected chi connectivity index (χ1v) is 8.70. The van der Waals surface area contributed by atoms with Crippen LogP contribution in [0.1, 0.15) is 39.0 Å². The Kier molecular flexibility index (Phi) is 6.39. The molecule has 23 heavy (non-hydrogen) atoms. The first-order valence-electron chi connectivity index (χ1n) is 8.70. The Hall–Kier alpha value is -1.62. The summed E-state index contributed by atoms with van der Waals surface area (Å²) in [5.74, 6) is 1.53. The third kappa shape index (κ3) is 5.20. The molecule has 0 spiro atoms. The number of aryl methyl sites for hydroxylation is 1. The van der Waals surface area contributed by atoms with Crippen molar-refractivity contribution in [3.63, 3.8) is 0 Å². The zero-order chi connectivity index (χ0) is 16.8. The van der Waals surface area contributed by atoms with E-state index >= 15 is 0 Å². The molecule has 0 amide bonds. The molecular weight excluding hydrogens is 286 g/mol. The molecule has 1 aliphatic heterocycles. The van der Waals surface area contributed by atoms with Gasteiger partial charge in [0.05, 0.1) is 6.54 Å². The molecule has 1 saturated heterocycles. The number of nitrogens with zero attached hydrogens (tertiary/aromatic N) is 3. The Labute approximate surface area is 140 Å². The number of aromatic nitrogens is 1. The number of likely N-dealkylation sites (tertiary alicyclic amines) is 1. The second kappa shape index (κ2) is 8.29. The predicted molar refractivity (Wildman–Crippen MR) is 96.6 cm³/mol. The highest BCUT2D eigenvalue weighted by molar-refractivity contribution is 5.80. The van der Waals surface area contributed by atoms with Crippen molar-refractivity contribution in [2.24, 2.45) is 10.9 Å². The summed E-state index contributed by atoms with van der Waals surface area (Å²) >= 11 is 0. The Morgan fingerprint density at radius 1 is 1.39 bits per heavy atom. The van der Waals surface area contributed by atoms with Gasteiger partial charge < -0.3 is 10.6 Å². The minimum atomic E-state index is 0.450. The molecule has 5 nitrogen and oxygen atoms in total. The van der Waals surface area contributed by atoms with Crippen LogP contribution >= 0.6 is 0 Å². The first-order chi connectivity index (χ1) is 11.0. The standard InChI is InChI=1S/C18H31N5/c1-6-19-18(21-10-16-8-7-15(5)20-9-16)22-17-12-23(13(2)3)11-14(17)4/h7-9,13-14,17H,6,10-12H2,1-5H3,(H2,19,21,22). The van der Waals surface area contributed by atoms with Crippen molar-refractivity contribution in [3.05, 3.63) is 29.6 Å². The molecule has 1 fully saturated rings. The molecule has 2 N–H and O–H groups in total. The average Bonchev–Trinajstić information content (AvgIpc) is 2.88. The Bertz CT molecular complexity index is 509. The van der Waals surface area contributed by atoms with Gasteiger partial charge in [-0.2, -0.15) is 0 Å². The molecule has 1 aliphatic rings. The van der Waals surface area contributed by atoms with Crippen molar-refractivity contribution in [3.8, 4) is 0 Å². The van der Waals surface area contributed by atoms with Crippen molar-refractivity contribution < 1.29 is 0 Å². The molecule has 2 unspecified atom stereocenters. The van der Waals surface area contributed by atoms with E-state index in [0.717, 1.165) is 36.9 Å². The van der Waals surface area contributed by atoms with Gasteiger partial charge in [0.25, 0.3) is 0 Å². The number of aliphatic imine (C=N–C) groups is 1. The van der Waals surface area contributed by atoms with Crippen molar-refractivity contribution in [1.82, 2.24) is 20.5 Å². The fraction of sp³-hybridized carbons (Fsp3) is 0.667. The highest BCUT2D eigenvalue weighted by atomic mass is 15.3. The second-order valence-electron chi connectivity index (χ2n) is 6.78. The molecule has 0 radical (unpaired) electrons. The maximum atomic E-state index is 4.72. The van der Waals surface area contributed by atoms with Gasteiger partial charge >= 0.3 is 0 Å². The summed E-state index contributed by atoms with van der Waals surface area (Å²) in [4.78, 5) is 11.6. The van der Waals surface area contributed by atoms with Crippen LogP contribution in [-0.4, -0.2) is 47.6 Å². The number of rotatable bonds is 5. The lowest BCUT2D eigenvalue weighted by Gasteiger charge is -2.21. The SMILES string of the molecule is CCNC(=NCc1ccc(C)nc1)NC1CN(C(C)C)CC1C. The molecule has 1 aromatic heterocycles. The predicted octanol–water partition coefficient (Wildman–Crippen LogP) is 2.17. The zero-order valence-electron chi connectivity index (χ0n) is 15.1. The number of pyridine rings is 1. The third-order valence-corrected chi connectivity index (χ3v) is 4.43. The molecule has 5 heteroatoms. The van der Waals surface area contributed by atoms with Gasteiger partial charge in [-0.3, -0.25) is 9.88 Å². The van der Waals surface area contributed by atoms with E-state index in [1.807, 2.05) is 19.2 Å². The fourth-order valence-corrected chi connectivity index (χ4v) is 2.87. The topological polar surface area (TPSA) is 52.6 Å². The van der Waals surface area contributed by atoms with Gasteiger partial charge in [-0.05, 0) is 45.2 Å². The average molecular weight is 317 g/mol. The van der Waals surface area contributed by atoms with E-state index in [2.05, 4.69) is 54.3 Å². The van der Waals surface area contributed by atoms with Crippen LogP contribution in [0.15, 0.2) is 23.3 Å². The lowest BCUT2D eigenvalue weighted by atomic mass is 10.1. The van der Waals surface area contributed by atoms with Crippen molar-refractivity contribution >= 4 is 5.96 Å². The lowest BCUT2D eigenvalue weighted by Crippen LogP contribution is -2.46. The van der Waals surface area contributed by atoms with Crippen molar-refractivity contribution in [2.75, 3.05) is 19.6 Å². The molecule has 1 aromatic rings. The van der Waals surface area contributed by atoms with E-state index in [4.69, 9.17) is 4.99 Å². The van der Waals surface area contributed by atoms with Crippen LogP contribution in [0.25, 0.3) is 0 Å². The van der Waals surface area contributed by atoms with Gasteiger partial charge in [-0.25, -0.2) is 4.99 Å².